The van der Waals surface area contributed by atoms with Crippen LogP contribution in [0.15, 0.2) is 71.6 Å². The van der Waals surface area contributed by atoms with Gasteiger partial charge in [-0.15, -0.1) is 0 Å². The molecule has 3 aromatic carbocycles. The van der Waals surface area contributed by atoms with E-state index in [1.807, 2.05) is 71.6 Å². The number of amides is 2. The number of carbonyl (C=O) groups excluding carboxylic acids is 1. The van der Waals surface area contributed by atoms with Gasteiger partial charge in [0.25, 0.3) is 0 Å². The van der Waals surface area contributed by atoms with Gasteiger partial charge in [-0.2, -0.15) is 0 Å². The number of fused-ring (bicyclic) bond motifs is 1. The second-order valence-electron chi connectivity index (χ2n) is 7.26. The Bertz CT molecular complexity index is 1090. The van der Waals surface area contributed by atoms with Gasteiger partial charge in [0.05, 0.1) is 23.5 Å². The number of nitrogens with one attached hydrogen (secondary N) is 2. The van der Waals surface area contributed by atoms with E-state index >= 15 is 0 Å². The summed E-state index contributed by atoms with van der Waals surface area (Å²) in [6, 6.07) is 21.3. The highest BCUT2D eigenvalue weighted by atomic mass is 35.5. The van der Waals surface area contributed by atoms with Crippen molar-refractivity contribution in [1.29, 1.82) is 0 Å². The normalized spacial score (nSPS) is 14.7. The highest BCUT2D eigenvalue weighted by Gasteiger charge is 2.34. The number of anilines is 2. The summed E-state index contributed by atoms with van der Waals surface area (Å²) in [7, 11) is 1.64. The Morgan fingerprint density at radius 2 is 1.91 bits per heavy atom. The third-order valence-corrected chi connectivity index (χ3v) is 6.70. The van der Waals surface area contributed by atoms with Crippen LogP contribution in [0.25, 0.3) is 0 Å². The molecule has 1 aliphatic rings. The molecule has 1 aliphatic heterocycles. The molecule has 0 aliphatic carbocycles. The first kappa shape index (κ1) is 22.3. The van der Waals surface area contributed by atoms with Crippen LogP contribution in [-0.4, -0.2) is 25.2 Å². The molecule has 4 rings (SSSR count). The zero-order valence-corrected chi connectivity index (χ0v) is 19.2. The predicted molar refractivity (Wildman–Crippen MR) is 131 cm³/mol. The van der Waals surface area contributed by atoms with Gasteiger partial charge in [-0.3, -0.25) is 0 Å². The van der Waals surface area contributed by atoms with Crippen LogP contribution in [0.3, 0.4) is 0 Å². The smallest absolute Gasteiger partial charge is 0.317 e. The average Bonchev–Trinajstić information content (AvgIpc) is 3.16. The first-order valence-corrected chi connectivity index (χ1v) is 11.6. The number of thioether (sulfide) groups is 1. The van der Waals surface area contributed by atoms with Crippen molar-refractivity contribution in [3.63, 3.8) is 0 Å². The van der Waals surface area contributed by atoms with Crippen molar-refractivity contribution >= 4 is 40.8 Å². The molecule has 4 N–H and O–H groups in total. The topological polar surface area (TPSA) is 79.6 Å². The molecule has 0 saturated carbocycles. The molecule has 0 spiro atoms. The zero-order valence-electron chi connectivity index (χ0n) is 17.7. The van der Waals surface area contributed by atoms with Crippen molar-refractivity contribution in [2.45, 2.75) is 23.4 Å². The number of para-hydroxylation sites is 2. The fourth-order valence-corrected chi connectivity index (χ4v) is 5.12. The molecule has 0 radical (unpaired) electrons. The summed E-state index contributed by atoms with van der Waals surface area (Å²) in [5.41, 5.74) is 9.49. The number of hydrogen-bond donors (Lipinski definition) is 3. The fourth-order valence-electron chi connectivity index (χ4n) is 3.66. The lowest BCUT2D eigenvalue weighted by atomic mass is 10.1. The third-order valence-electron chi connectivity index (χ3n) is 5.24. The van der Waals surface area contributed by atoms with E-state index in [0.29, 0.717) is 18.1 Å². The zero-order chi connectivity index (χ0) is 22.5. The second kappa shape index (κ2) is 10.2. The number of halogens is 1. The fraction of sp³-hybridized carbons (Fsp3) is 0.208. The second-order valence-corrected chi connectivity index (χ2v) is 8.79. The quantitative estimate of drug-likeness (QED) is 0.460. The molecule has 0 aromatic heterocycles. The van der Waals surface area contributed by atoms with E-state index in [0.717, 1.165) is 39.6 Å². The summed E-state index contributed by atoms with van der Waals surface area (Å²) in [6.45, 7) is 0.864. The van der Waals surface area contributed by atoms with Gasteiger partial charge in [0.15, 0.2) is 5.50 Å². The van der Waals surface area contributed by atoms with E-state index in [-0.39, 0.29) is 11.5 Å². The Balaban J connectivity index is 1.47. The van der Waals surface area contributed by atoms with E-state index in [4.69, 9.17) is 22.1 Å². The molecular formula is C24H25ClN4O2S. The molecule has 1 heterocycles. The molecule has 32 heavy (non-hydrogen) atoms. The number of hydrogen-bond acceptors (Lipinski definition) is 5. The average molecular weight is 469 g/mol. The van der Waals surface area contributed by atoms with Crippen LogP contribution in [0.1, 0.15) is 11.1 Å². The first-order valence-electron chi connectivity index (χ1n) is 10.3. The van der Waals surface area contributed by atoms with Gasteiger partial charge in [-0.05, 0) is 47.9 Å². The van der Waals surface area contributed by atoms with E-state index in [2.05, 4.69) is 10.6 Å². The number of nitrogens with zero attached hydrogens (tertiary/aromatic N) is 1. The summed E-state index contributed by atoms with van der Waals surface area (Å²) in [4.78, 5) is 15.8. The van der Waals surface area contributed by atoms with Crippen molar-refractivity contribution in [3.05, 3.63) is 82.9 Å². The van der Waals surface area contributed by atoms with E-state index in [1.54, 1.807) is 18.9 Å². The highest BCUT2D eigenvalue weighted by molar-refractivity contribution is 8.00. The van der Waals surface area contributed by atoms with Crippen LogP contribution in [0.4, 0.5) is 16.2 Å². The summed E-state index contributed by atoms with van der Waals surface area (Å²) >= 11 is 8.16. The molecule has 2 amide bonds. The van der Waals surface area contributed by atoms with Gasteiger partial charge >= 0.3 is 6.03 Å². The van der Waals surface area contributed by atoms with Crippen LogP contribution >= 0.6 is 23.4 Å². The minimum atomic E-state index is -0.349. The van der Waals surface area contributed by atoms with E-state index in [1.165, 1.54) is 0 Å². The number of nitrogens with two attached hydrogens (primary N) is 1. The van der Waals surface area contributed by atoms with Crippen molar-refractivity contribution in [1.82, 2.24) is 10.6 Å². The predicted octanol–water partition coefficient (Wildman–Crippen LogP) is 4.88. The van der Waals surface area contributed by atoms with Crippen LogP contribution in [0, 0.1) is 0 Å². The Morgan fingerprint density at radius 3 is 2.66 bits per heavy atom. The number of ether oxygens (including phenoxy) is 1. The van der Waals surface area contributed by atoms with Gasteiger partial charge in [-0.25, -0.2) is 4.79 Å². The van der Waals surface area contributed by atoms with Crippen LogP contribution in [0.2, 0.25) is 5.02 Å². The van der Waals surface area contributed by atoms with E-state index < -0.39 is 0 Å². The van der Waals surface area contributed by atoms with Gasteiger partial charge in [-0.1, -0.05) is 59.8 Å². The summed E-state index contributed by atoms with van der Waals surface area (Å²) in [5, 5.41) is 6.62. The van der Waals surface area contributed by atoms with Gasteiger partial charge in [0, 0.05) is 18.0 Å². The maximum absolute atomic E-state index is 12.7. The molecular weight excluding hydrogens is 444 g/mol. The lowest BCUT2D eigenvalue weighted by Crippen LogP contribution is -2.47. The molecule has 166 valence electrons. The Labute approximate surface area is 197 Å². The number of benzene rings is 3. The maximum Gasteiger partial charge on any atom is 0.317 e. The highest BCUT2D eigenvalue weighted by Crippen LogP contribution is 2.49. The van der Waals surface area contributed by atoms with Crippen LogP contribution in [0.5, 0.6) is 5.75 Å². The van der Waals surface area contributed by atoms with Gasteiger partial charge in [0.2, 0.25) is 0 Å². The number of rotatable bonds is 7. The monoisotopic (exact) mass is 468 g/mol. The molecule has 0 saturated heterocycles. The molecule has 0 fully saturated rings. The number of urea groups is 1. The Kier molecular flexibility index (Phi) is 7.09. The van der Waals surface area contributed by atoms with Crippen molar-refractivity contribution < 1.29 is 9.53 Å². The third kappa shape index (κ3) is 4.80. The molecule has 1 atom stereocenters. The summed E-state index contributed by atoms with van der Waals surface area (Å²) < 4.78 is 5.18. The molecule has 3 aromatic rings. The molecule has 8 heteroatoms. The number of carbonyl (C=O) groups is 1. The number of methoxy groups -OCH3 is 1. The maximum atomic E-state index is 12.7. The van der Waals surface area contributed by atoms with Crippen molar-refractivity contribution in [2.24, 2.45) is 5.73 Å². The van der Waals surface area contributed by atoms with Crippen LogP contribution < -0.4 is 26.0 Å². The Morgan fingerprint density at radius 1 is 1.12 bits per heavy atom. The van der Waals surface area contributed by atoms with E-state index in [9.17, 15) is 4.79 Å². The van der Waals surface area contributed by atoms with Crippen LogP contribution in [-0.2, 0) is 13.0 Å². The van der Waals surface area contributed by atoms with Crippen molar-refractivity contribution in [2.75, 3.05) is 18.6 Å². The lowest BCUT2D eigenvalue weighted by molar-refractivity contribution is 0.240. The Hall–Kier alpha value is -2.87. The van der Waals surface area contributed by atoms with Gasteiger partial charge in [0.1, 0.15) is 5.75 Å². The van der Waals surface area contributed by atoms with Crippen molar-refractivity contribution in [3.8, 4) is 5.75 Å². The molecule has 6 nitrogen and oxygen atoms in total. The summed E-state index contributed by atoms with van der Waals surface area (Å²) in [5.74, 6) is 0.814. The standard InChI is InChI=1S/C24H25ClN4O2S/c1-31-18-11-9-16(10-12-18)13-14-27-23(30)28-24-29(20-7-2-3-8-21(20)32-24)22-17(15-26)5-4-6-19(22)25/h2-12,24H,13-15,26H2,1H3,(H2,27,28,30). The lowest BCUT2D eigenvalue weighted by Gasteiger charge is -2.30. The minimum Gasteiger partial charge on any atom is -0.497 e. The molecule has 0 bridgehead atoms. The molecule has 1 unspecified atom stereocenters. The summed E-state index contributed by atoms with van der Waals surface area (Å²) in [6.07, 6.45) is 0.723. The SMILES string of the molecule is COc1ccc(CCNC(=O)NC2Sc3ccccc3N2c2c(Cl)cccc2CN)cc1. The minimum absolute atomic E-state index is 0.241. The first-order chi connectivity index (χ1) is 15.6. The largest absolute Gasteiger partial charge is 0.497 e. The van der Waals surface area contributed by atoms with Gasteiger partial charge < -0.3 is 26.0 Å².